The second-order valence-corrected chi connectivity index (χ2v) is 4.89. The normalized spacial score (nSPS) is 35.8. The Bertz CT molecular complexity index is 251. The highest BCUT2D eigenvalue weighted by atomic mass is 16.5. The molecule has 4 heteroatoms. The van der Waals surface area contributed by atoms with Crippen LogP contribution in [0.1, 0.15) is 33.1 Å². The third-order valence-corrected chi connectivity index (χ3v) is 3.57. The van der Waals surface area contributed by atoms with Crippen LogP contribution in [0.3, 0.4) is 0 Å². The molecule has 1 amide bonds. The fourth-order valence-electron chi connectivity index (χ4n) is 2.64. The van der Waals surface area contributed by atoms with Crippen molar-refractivity contribution in [2.45, 2.75) is 45.3 Å². The standard InChI is InChI=1S/C12H22N2O2/c1-3-11-13-9(2)12(15)14(11)7-10-5-4-6-16-8-10/h9-11,13H,3-8H2,1-2H3. The smallest absolute Gasteiger partial charge is 0.240 e. The fourth-order valence-corrected chi connectivity index (χ4v) is 2.64. The van der Waals surface area contributed by atoms with Gasteiger partial charge in [-0.05, 0) is 26.2 Å². The lowest BCUT2D eigenvalue weighted by atomic mass is 10.0. The van der Waals surface area contributed by atoms with E-state index in [9.17, 15) is 4.79 Å². The average molecular weight is 226 g/mol. The third-order valence-electron chi connectivity index (χ3n) is 3.57. The lowest BCUT2D eigenvalue weighted by molar-refractivity contribution is -0.131. The van der Waals surface area contributed by atoms with Gasteiger partial charge in [-0.3, -0.25) is 10.1 Å². The molecule has 3 unspecified atom stereocenters. The minimum absolute atomic E-state index is 0.0190. The van der Waals surface area contributed by atoms with E-state index in [4.69, 9.17) is 4.74 Å². The van der Waals surface area contributed by atoms with Crippen LogP contribution in [0.4, 0.5) is 0 Å². The first kappa shape index (κ1) is 11.9. The van der Waals surface area contributed by atoms with E-state index < -0.39 is 0 Å². The predicted molar refractivity (Wildman–Crippen MR) is 61.9 cm³/mol. The Morgan fingerprint density at radius 3 is 3.00 bits per heavy atom. The Morgan fingerprint density at radius 1 is 1.56 bits per heavy atom. The summed E-state index contributed by atoms with van der Waals surface area (Å²) in [6.45, 7) is 6.62. The molecule has 92 valence electrons. The van der Waals surface area contributed by atoms with Crippen molar-refractivity contribution in [1.29, 1.82) is 0 Å². The van der Waals surface area contributed by atoms with Gasteiger partial charge < -0.3 is 9.64 Å². The van der Waals surface area contributed by atoms with Crippen molar-refractivity contribution in [1.82, 2.24) is 10.2 Å². The molecule has 0 spiro atoms. The second kappa shape index (κ2) is 5.15. The first-order chi connectivity index (χ1) is 7.72. The number of rotatable bonds is 3. The molecule has 0 radical (unpaired) electrons. The summed E-state index contributed by atoms with van der Waals surface area (Å²) in [6.07, 6.45) is 3.52. The van der Waals surface area contributed by atoms with Crippen LogP contribution < -0.4 is 5.32 Å². The van der Waals surface area contributed by atoms with Crippen LogP contribution in [0.15, 0.2) is 0 Å². The van der Waals surface area contributed by atoms with E-state index in [0.717, 1.165) is 32.6 Å². The van der Waals surface area contributed by atoms with Crippen LogP contribution in [0.25, 0.3) is 0 Å². The van der Waals surface area contributed by atoms with Crippen LogP contribution in [-0.2, 0) is 9.53 Å². The zero-order chi connectivity index (χ0) is 11.5. The molecule has 1 N–H and O–H groups in total. The molecule has 2 saturated heterocycles. The summed E-state index contributed by atoms with van der Waals surface area (Å²) in [5.41, 5.74) is 0. The number of nitrogens with one attached hydrogen (secondary N) is 1. The third kappa shape index (κ3) is 2.38. The number of carbonyl (C=O) groups is 1. The molecule has 0 saturated carbocycles. The van der Waals surface area contributed by atoms with Crippen LogP contribution in [0.2, 0.25) is 0 Å². The molecule has 2 aliphatic heterocycles. The molecule has 3 atom stereocenters. The van der Waals surface area contributed by atoms with Gasteiger partial charge in [0.2, 0.25) is 5.91 Å². The van der Waals surface area contributed by atoms with E-state index >= 15 is 0 Å². The monoisotopic (exact) mass is 226 g/mol. The molecule has 2 aliphatic rings. The van der Waals surface area contributed by atoms with Gasteiger partial charge in [0.05, 0.1) is 18.8 Å². The van der Waals surface area contributed by atoms with Crippen LogP contribution in [0.5, 0.6) is 0 Å². The van der Waals surface area contributed by atoms with Crippen molar-refractivity contribution in [2.75, 3.05) is 19.8 Å². The van der Waals surface area contributed by atoms with Crippen LogP contribution in [-0.4, -0.2) is 42.8 Å². The van der Waals surface area contributed by atoms with Gasteiger partial charge in [0, 0.05) is 19.1 Å². The number of ether oxygens (including phenoxy) is 1. The summed E-state index contributed by atoms with van der Waals surface area (Å²) >= 11 is 0. The lowest BCUT2D eigenvalue weighted by Crippen LogP contribution is -2.41. The second-order valence-electron chi connectivity index (χ2n) is 4.89. The van der Waals surface area contributed by atoms with Crippen LogP contribution >= 0.6 is 0 Å². The average Bonchev–Trinajstić information content (AvgIpc) is 2.58. The highest BCUT2D eigenvalue weighted by molar-refractivity contribution is 5.83. The van der Waals surface area contributed by atoms with Gasteiger partial charge in [0.15, 0.2) is 0 Å². The lowest BCUT2D eigenvalue weighted by Gasteiger charge is -2.30. The summed E-state index contributed by atoms with van der Waals surface area (Å²) in [5, 5.41) is 3.33. The van der Waals surface area contributed by atoms with Gasteiger partial charge in [-0.15, -0.1) is 0 Å². The van der Waals surface area contributed by atoms with Gasteiger partial charge in [-0.25, -0.2) is 0 Å². The highest BCUT2D eigenvalue weighted by Gasteiger charge is 2.36. The van der Waals surface area contributed by atoms with E-state index in [1.165, 1.54) is 6.42 Å². The molecule has 2 fully saturated rings. The molecule has 0 aromatic heterocycles. The fraction of sp³-hybridized carbons (Fsp3) is 0.917. The topological polar surface area (TPSA) is 41.6 Å². The van der Waals surface area contributed by atoms with Crippen molar-refractivity contribution in [3.63, 3.8) is 0 Å². The molecule has 4 nitrogen and oxygen atoms in total. The molecular weight excluding hydrogens is 204 g/mol. The highest BCUT2D eigenvalue weighted by Crippen LogP contribution is 2.20. The molecular formula is C12H22N2O2. The maximum Gasteiger partial charge on any atom is 0.240 e. The molecule has 2 heterocycles. The van der Waals surface area contributed by atoms with Gasteiger partial charge in [0.1, 0.15) is 0 Å². The van der Waals surface area contributed by atoms with E-state index in [-0.39, 0.29) is 18.1 Å². The summed E-state index contributed by atoms with van der Waals surface area (Å²) in [7, 11) is 0. The van der Waals surface area contributed by atoms with Gasteiger partial charge >= 0.3 is 0 Å². The Hall–Kier alpha value is -0.610. The Balaban J connectivity index is 1.93. The summed E-state index contributed by atoms with van der Waals surface area (Å²) in [6, 6.07) is -0.0190. The number of nitrogens with zero attached hydrogens (tertiary/aromatic N) is 1. The summed E-state index contributed by atoms with van der Waals surface area (Å²) in [5.74, 6) is 0.774. The van der Waals surface area contributed by atoms with Crippen molar-refractivity contribution in [2.24, 2.45) is 5.92 Å². The van der Waals surface area contributed by atoms with Crippen molar-refractivity contribution < 1.29 is 9.53 Å². The van der Waals surface area contributed by atoms with Gasteiger partial charge in [-0.2, -0.15) is 0 Å². The van der Waals surface area contributed by atoms with E-state index in [2.05, 4.69) is 12.2 Å². The largest absolute Gasteiger partial charge is 0.381 e. The first-order valence-corrected chi connectivity index (χ1v) is 6.36. The molecule has 0 bridgehead atoms. The number of amides is 1. The number of hydrogen-bond acceptors (Lipinski definition) is 3. The van der Waals surface area contributed by atoms with Crippen LogP contribution in [0, 0.1) is 5.92 Å². The van der Waals surface area contributed by atoms with Gasteiger partial charge in [-0.1, -0.05) is 6.92 Å². The summed E-state index contributed by atoms with van der Waals surface area (Å²) in [4.78, 5) is 14.0. The van der Waals surface area contributed by atoms with E-state index in [1.54, 1.807) is 0 Å². The summed E-state index contributed by atoms with van der Waals surface area (Å²) < 4.78 is 5.46. The Kier molecular flexibility index (Phi) is 3.82. The predicted octanol–water partition coefficient (Wildman–Crippen LogP) is 0.969. The van der Waals surface area contributed by atoms with Crippen molar-refractivity contribution in [3.8, 4) is 0 Å². The van der Waals surface area contributed by atoms with Crippen molar-refractivity contribution >= 4 is 5.91 Å². The molecule has 0 aromatic carbocycles. The van der Waals surface area contributed by atoms with Crippen molar-refractivity contribution in [3.05, 3.63) is 0 Å². The SMILES string of the molecule is CCC1NC(C)C(=O)N1CC1CCCOC1. The molecule has 0 aromatic rings. The zero-order valence-corrected chi connectivity index (χ0v) is 10.2. The van der Waals surface area contributed by atoms with E-state index in [1.807, 2.05) is 11.8 Å². The zero-order valence-electron chi connectivity index (χ0n) is 10.2. The number of carbonyl (C=O) groups excluding carboxylic acids is 1. The minimum atomic E-state index is -0.0190. The maximum atomic E-state index is 12.0. The molecule has 0 aliphatic carbocycles. The Morgan fingerprint density at radius 2 is 2.38 bits per heavy atom. The van der Waals surface area contributed by atoms with Gasteiger partial charge in [0.25, 0.3) is 0 Å². The molecule has 16 heavy (non-hydrogen) atoms. The Labute approximate surface area is 97.3 Å². The quantitative estimate of drug-likeness (QED) is 0.779. The van der Waals surface area contributed by atoms with E-state index in [0.29, 0.717) is 5.92 Å². The molecule has 2 rings (SSSR count). The first-order valence-electron chi connectivity index (χ1n) is 6.36. The maximum absolute atomic E-state index is 12.0. The minimum Gasteiger partial charge on any atom is -0.381 e. The number of hydrogen-bond donors (Lipinski definition) is 1.